The molecule has 0 aliphatic carbocycles. The van der Waals surface area contributed by atoms with Crippen LogP contribution in [0.3, 0.4) is 0 Å². The minimum absolute atomic E-state index is 0.629. The van der Waals surface area contributed by atoms with E-state index < -0.39 is 0 Å². The van der Waals surface area contributed by atoms with Crippen LogP contribution in [0.15, 0.2) is 24.7 Å². The molecular weight excluding hydrogens is 174 g/mol. The number of hydrogen-bond acceptors (Lipinski definition) is 3. The molecule has 0 unspecified atom stereocenters. The lowest BCUT2D eigenvalue weighted by Gasteiger charge is -2.04. The molecule has 0 amide bonds. The average molecular weight is 187 g/mol. The number of rotatable bonds is 2. The summed E-state index contributed by atoms with van der Waals surface area (Å²) in [5.74, 6) is 0.629. The average Bonchev–Trinajstić information content (AvgIpc) is 2.17. The highest BCUT2D eigenvalue weighted by atomic mass is 14.9. The fourth-order valence-corrected chi connectivity index (χ4v) is 1.45. The van der Waals surface area contributed by atoms with Gasteiger partial charge >= 0.3 is 0 Å². The van der Waals surface area contributed by atoms with Gasteiger partial charge < -0.3 is 0 Å². The quantitative estimate of drug-likeness (QED) is 0.723. The van der Waals surface area contributed by atoms with Gasteiger partial charge in [0.15, 0.2) is 0 Å². The Balaban J connectivity index is 2.41. The molecule has 0 aromatic carbocycles. The molecule has 2 heterocycles. The molecule has 3 heteroatoms. The van der Waals surface area contributed by atoms with Gasteiger partial charge in [-0.3, -0.25) is 0 Å². The highest BCUT2D eigenvalue weighted by molar-refractivity contribution is 5.72. The minimum Gasteiger partial charge on any atom is -0.250 e. The Morgan fingerprint density at radius 3 is 2.86 bits per heavy atom. The Labute approximate surface area is 83.2 Å². The Hall–Kier alpha value is -1.51. The van der Waals surface area contributed by atoms with Crippen LogP contribution in [-0.2, 0) is 6.42 Å². The molecule has 14 heavy (non-hydrogen) atoms. The van der Waals surface area contributed by atoms with E-state index >= 15 is 0 Å². The maximum atomic E-state index is 4.49. The second-order valence-electron chi connectivity index (χ2n) is 3.83. The lowest BCUT2D eigenvalue weighted by molar-refractivity contribution is 0.637. The summed E-state index contributed by atoms with van der Waals surface area (Å²) < 4.78 is 0. The second-order valence-corrected chi connectivity index (χ2v) is 3.83. The van der Waals surface area contributed by atoms with Gasteiger partial charge in [0.25, 0.3) is 0 Å². The van der Waals surface area contributed by atoms with Crippen LogP contribution < -0.4 is 0 Å². The zero-order valence-corrected chi connectivity index (χ0v) is 8.44. The standard InChI is InChI=1S/C11H13N3/c1-8(2)5-9-3-4-10-11(14-9)6-12-7-13-10/h3-4,6-8H,5H2,1-2H3. The molecule has 0 saturated heterocycles. The first-order valence-electron chi connectivity index (χ1n) is 4.81. The van der Waals surface area contributed by atoms with Crippen molar-refractivity contribution in [1.29, 1.82) is 0 Å². The van der Waals surface area contributed by atoms with Gasteiger partial charge in [-0.25, -0.2) is 15.0 Å². The molecule has 0 bridgehead atoms. The maximum absolute atomic E-state index is 4.49. The van der Waals surface area contributed by atoms with Crippen molar-refractivity contribution in [3.63, 3.8) is 0 Å². The van der Waals surface area contributed by atoms with Crippen LogP contribution in [0.5, 0.6) is 0 Å². The molecular formula is C11H13N3. The summed E-state index contributed by atoms with van der Waals surface area (Å²) in [6.07, 6.45) is 4.31. The number of pyridine rings is 1. The van der Waals surface area contributed by atoms with Crippen molar-refractivity contribution in [2.45, 2.75) is 20.3 Å². The first-order chi connectivity index (χ1) is 6.75. The zero-order chi connectivity index (χ0) is 9.97. The molecule has 0 saturated carbocycles. The molecule has 0 radical (unpaired) electrons. The molecule has 0 spiro atoms. The highest BCUT2D eigenvalue weighted by Gasteiger charge is 2.01. The van der Waals surface area contributed by atoms with Crippen molar-refractivity contribution in [2.24, 2.45) is 5.92 Å². The number of fused-ring (bicyclic) bond motifs is 1. The van der Waals surface area contributed by atoms with Gasteiger partial charge in [0.1, 0.15) is 11.8 Å². The molecule has 0 N–H and O–H groups in total. The number of aromatic nitrogens is 3. The van der Waals surface area contributed by atoms with Crippen LogP contribution in [0.2, 0.25) is 0 Å². The first kappa shape index (κ1) is 9.06. The zero-order valence-electron chi connectivity index (χ0n) is 8.44. The van der Waals surface area contributed by atoms with Crippen LogP contribution >= 0.6 is 0 Å². The summed E-state index contributed by atoms with van der Waals surface area (Å²) in [7, 11) is 0. The predicted octanol–water partition coefficient (Wildman–Crippen LogP) is 2.22. The number of nitrogens with zero attached hydrogens (tertiary/aromatic N) is 3. The molecule has 2 aromatic heterocycles. The molecule has 3 nitrogen and oxygen atoms in total. The van der Waals surface area contributed by atoms with Crippen molar-refractivity contribution in [3.05, 3.63) is 30.4 Å². The van der Waals surface area contributed by atoms with E-state index in [1.54, 1.807) is 12.5 Å². The van der Waals surface area contributed by atoms with Crippen molar-refractivity contribution in [1.82, 2.24) is 15.0 Å². The van der Waals surface area contributed by atoms with Gasteiger partial charge in [0.2, 0.25) is 0 Å². The van der Waals surface area contributed by atoms with Gasteiger partial charge in [-0.1, -0.05) is 13.8 Å². The molecule has 0 aliphatic rings. The van der Waals surface area contributed by atoms with Gasteiger partial charge in [-0.2, -0.15) is 0 Å². The normalized spacial score (nSPS) is 11.1. The third-order valence-corrected chi connectivity index (χ3v) is 2.04. The summed E-state index contributed by atoms with van der Waals surface area (Å²) in [6.45, 7) is 4.38. The van der Waals surface area contributed by atoms with Gasteiger partial charge in [0, 0.05) is 5.69 Å². The molecule has 2 aromatic rings. The van der Waals surface area contributed by atoms with E-state index in [9.17, 15) is 0 Å². The minimum atomic E-state index is 0.629. The largest absolute Gasteiger partial charge is 0.250 e. The Morgan fingerprint density at radius 2 is 2.07 bits per heavy atom. The summed E-state index contributed by atoms with van der Waals surface area (Å²) in [4.78, 5) is 12.6. The lowest BCUT2D eigenvalue weighted by atomic mass is 10.1. The summed E-state index contributed by atoms with van der Waals surface area (Å²) >= 11 is 0. The van der Waals surface area contributed by atoms with Crippen LogP contribution in [0.25, 0.3) is 11.0 Å². The molecule has 72 valence electrons. The van der Waals surface area contributed by atoms with E-state index in [4.69, 9.17) is 0 Å². The highest BCUT2D eigenvalue weighted by Crippen LogP contribution is 2.10. The van der Waals surface area contributed by atoms with E-state index in [1.807, 2.05) is 12.1 Å². The Bertz CT molecular complexity index is 437. The fourth-order valence-electron chi connectivity index (χ4n) is 1.45. The van der Waals surface area contributed by atoms with E-state index in [0.29, 0.717) is 5.92 Å². The van der Waals surface area contributed by atoms with E-state index in [1.165, 1.54) is 0 Å². The Morgan fingerprint density at radius 1 is 1.21 bits per heavy atom. The van der Waals surface area contributed by atoms with E-state index in [0.717, 1.165) is 23.1 Å². The second kappa shape index (κ2) is 3.70. The fraction of sp³-hybridized carbons (Fsp3) is 0.364. The Kier molecular flexibility index (Phi) is 2.39. The van der Waals surface area contributed by atoms with Crippen LogP contribution in [-0.4, -0.2) is 15.0 Å². The van der Waals surface area contributed by atoms with Crippen molar-refractivity contribution < 1.29 is 0 Å². The van der Waals surface area contributed by atoms with Gasteiger partial charge in [-0.15, -0.1) is 0 Å². The van der Waals surface area contributed by atoms with Crippen molar-refractivity contribution >= 4 is 11.0 Å². The topological polar surface area (TPSA) is 38.7 Å². The third kappa shape index (κ3) is 1.87. The summed E-state index contributed by atoms with van der Waals surface area (Å²) in [5, 5.41) is 0. The van der Waals surface area contributed by atoms with Crippen LogP contribution in [0.4, 0.5) is 0 Å². The van der Waals surface area contributed by atoms with Crippen molar-refractivity contribution in [2.75, 3.05) is 0 Å². The predicted molar refractivity (Wildman–Crippen MR) is 55.9 cm³/mol. The summed E-state index contributed by atoms with van der Waals surface area (Å²) in [5.41, 5.74) is 2.90. The lowest BCUT2D eigenvalue weighted by Crippen LogP contribution is -1.97. The van der Waals surface area contributed by atoms with E-state index in [2.05, 4.69) is 28.8 Å². The SMILES string of the molecule is CC(C)Cc1ccc2ncncc2n1. The van der Waals surface area contributed by atoms with Crippen LogP contribution in [0, 0.1) is 5.92 Å². The smallest absolute Gasteiger partial charge is 0.116 e. The summed E-state index contributed by atoms with van der Waals surface area (Å²) in [6, 6.07) is 4.04. The molecule has 0 atom stereocenters. The number of hydrogen-bond donors (Lipinski definition) is 0. The van der Waals surface area contributed by atoms with Gasteiger partial charge in [0.05, 0.1) is 11.7 Å². The van der Waals surface area contributed by atoms with Crippen LogP contribution in [0.1, 0.15) is 19.5 Å². The molecule has 0 fully saturated rings. The van der Waals surface area contributed by atoms with Crippen molar-refractivity contribution in [3.8, 4) is 0 Å². The molecule has 2 rings (SSSR count). The molecule has 0 aliphatic heterocycles. The maximum Gasteiger partial charge on any atom is 0.116 e. The third-order valence-electron chi connectivity index (χ3n) is 2.04. The van der Waals surface area contributed by atoms with E-state index in [-0.39, 0.29) is 0 Å². The monoisotopic (exact) mass is 187 g/mol. The first-order valence-corrected chi connectivity index (χ1v) is 4.81. The van der Waals surface area contributed by atoms with Gasteiger partial charge in [-0.05, 0) is 24.5 Å².